The van der Waals surface area contributed by atoms with Crippen LogP contribution in [-0.2, 0) is 10.7 Å². The van der Waals surface area contributed by atoms with Gasteiger partial charge in [-0.1, -0.05) is 12.1 Å². The van der Waals surface area contributed by atoms with Crippen molar-refractivity contribution in [3.8, 4) is 5.75 Å². The summed E-state index contributed by atoms with van der Waals surface area (Å²) in [5.74, 6) is -2.84. The van der Waals surface area contributed by atoms with E-state index < -0.39 is 12.5 Å². The van der Waals surface area contributed by atoms with E-state index in [-0.39, 0.29) is 5.56 Å². The second-order valence-corrected chi connectivity index (χ2v) is 2.84. The van der Waals surface area contributed by atoms with Crippen molar-refractivity contribution in [1.29, 1.82) is 0 Å². The predicted octanol–water partition coefficient (Wildman–Crippen LogP) is 2.12. The summed E-state index contributed by atoms with van der Waals surface area (Å²) >= 11 is 0. The summed E-state index contributed by atoms with van der Waals surface area (Å²) in [6, 6.07) is 5.47. The molecule has 5 heteroatoms. The van der Waals surface area contributed by atoms with Gasteiger partial charge in [0, 0.05) is 5.56 Å². The van der Waals surface area contributed by atoms with Crippen LogP contribution in [0.2, 0.25) is 0 Å². The number of isocyanates is 1. The van der Waals surface area contributed by atoms with Gasteiger partial charge in [-0.3, -0.25) is 0 Å². The summed E-state index contributed by atoms with van der Waals surface area (Å²) < 4.78 is 31.5. The van der Waals surface area contributed by atoms with Gasteiger partial charge in [-0.25, -0.2) is 4.79 Å². The first-order valence-electron chi connectivity index (χ1n) is 4.16. The van der Waals surface area contributed by atoms with E-state index in [1.807, 2.05) is 0 Å². The minimum atomic E-state index is -3.17. The smallest absolute Gasteiger partial charge is 0.293 e. The van der Waals surface area contributed by atoms with Gasteiger partial charge in [0.2, 0.25) is 6.08 Å². The number of nitrogens with zero attached hydrogens (tertiary/aromatic N) is 1. The van der Waals surface area contributed by atoms with E-state index in [2.05, 4.69) is 4.99 Å². The van der Waals surface area contributed by atoms with Gasteiger partial charge in [0.25, 0.3) is 5.92 Å². The first kappa shape index (κ1) is 11.3. The molecule has 0 unspecified atom stereocenters. The number of hydrogen-bond donors (Lipinski definition) is 0. The molecule has 0 fully saturated rings. The second-order valence-electron chi connectivity index (χ2n) is 2.84. The zero-order valence-electron chi connectivity index (χ0n) is 8.04. The number of ether oxygens (including phenoxy) is 1. The molecule has 0 aliphatic carbocycles. The van der Waals surface area contributed by atoms with Crippen molar-refractivity contribution in [2.45, 2.75) is 5.92 Å². The maximum Gasteiger partial charge on any atom is 0.293 e. The SMILES string of the molecule is COc1cccc(C(F)(F)CN=C=O)c1. The normalized spacial score (nSPS) is 10.6. The minimum absolute atomic E-state index is 0.235. The lowest BCUT2D eigenvalue weighted by molar-refractivity contribution is 0.00635. The van der Waals surface area contributed by atoms with Crippen molar-refractivity contribution >= 4 is 6.08 Å². The molecule has 0 saturated heterocycles. The van der Waals surface area contributed by atoms with Crippen LogP contribution in [0.5, 0.6) is 5.75 Å². The summed E-state index contributed by atoms with van der Waals surface area (Å²) in [5, 5.41) is 0. The van der Waals surface area contributed by atoms with Gasteiger partial charge in [0.1, 0.15) is 12.3 Å². The number of halogens is 2. The number of rotatable bonds is 4. The average Bonchev–Trinajstić information content (AvgIpc) is 2.26. The van der Waals surface area contributed by atoms with Crippen LogP contribution >= 0.6 is 0 Å². The highest BCUT2D eigenvalue weighted by Crippen LogP contribution is 2.30. The lowest BCUT2D eigenvalue weighted by Gasteiger charge is -2.14. The van der Waals surface area contributed by atoms with Gasteiger partial charge < -0.3 is 4.74 Å². The standard InChI is InChI=1S/C10H9F2NO2/c1-15-9-4-2-3-8(5-9)10(11,12)6-13-7-14/h2-5H,6H2,1H3. The number of carbonyl (C=O) groups excluding carboxylic acids is 1. The fourth-order valence-corrected chi connectivity index (χ4v) is 1.07. The van der Waals surface area contributed by atoms with E-state index in [9.17, 15) is 13.6 Å². The molecule has 0 saturated carbocycles. The molecule has 0 aliphatic heterocycles. The lowest BCUT2D eigenvalue weighted by Crippen LogP contribution is -2.17. The molecule has 0 spiro atoms. The van der Waals surface area contributed by atoms with Gasteiger partial charge in [-0.2, -0.15) is 13.8 Å². The Bertz CT molecular complexity index is 387. The Balaban J connectivity index is 2.97. The number of benzene rings is 1. The highest BCUT2D eigenvalue weighted by molar-refractivity contribution is 5.35. The summed E-state index contributed by atoms with van der Waals surface area (Å²) in [5.41, 5.74) is -0.235. The number of aliphatic imine (C=N–C) groups is 1. The Morgan fingerprint density at radius 1 is 1.53 bits per heavy atom. The number of alkyl halides is 2. The van der Waals surface area contributed by atoms with Crippen LogP contribution in [0.1, 0.15) is 5.56 Å². The Hall–Kier alpha value is -1.74. The van der Waals surface area contributed by atoms with Gasteiger partial charge in [-0.05, 0) is 12.1 Å². The van der Waals surface area contributed by atoms with Crippen molar-refractivity contribution in [2.24, 2.45) is 4.99 Å². The molecule has 0 aliphatic rings. The Morgan fingerprint density at radius 3 is 2.87 bits per heavy atom. The molecule has 0 aromatic heterocycles. The van der Waals surface area contributed by atoms with Gasteiger partial charge in [0.05, 0.1) is 7.11 Å². The Labute approximate surface area is 85.4 Å². The third-order valence-electron chi connectivity index (χ3n) is 1.83. The van der Waals surface area contributed by atoms with Crippen LogP contribution in [0, 0.1) is 0 Å². The molecule has 80 valence electrons. The van der Waals surface area contributed by atoms with Crippen LogP contribution in [-0.4, -0.2) is 19.7 Å². The molecule has 15 heavy (non-hydrogen) atoms. The molecule has 0 heterocycles. The molecule has 0 radical (unpaired) electrons. The minimum Gasteiger partial charge on any atom is -0.497 e. The quantitative estimate of drug-likeness (QED) is 0.567. The van der Waals surface area contributed by atoms with Crippen molar-refractivity contribution in [3.05, 3.63) is 29.8 Å². The van der Waals surface area contributed by atoms with Gasteiger partial charge in [0.15, 0.2) is 0 Å². The van der Waals surface area contributed by atoms with Crippen LogP contribution in [0.4, 0.5) is 8.78 Å². The molecule has 0 N–H and O–H groups in total. The first-order valence-corrected chi connectivity index (χ1v) is 4.16. The molecular formula is C10H9F2NO2. The first-order chi connectivity index (χ1) is 7.10. The monoisotopic (exact) mass is 213 g/mol. The van der Waals surface area contributed by atoms with Gasteiger partial charge >= 0.3 is 0 Å². The molecule has 0 bridgehead atoms. The second kappa shape index (κ2) is 4.66. The highest BCUT2D eigenvalue weighted by atomic mass is 19.3. The molecule has 0 atom stereocenters. The largest absolute Gasteiger partial charge is 0.497 e. The summed E-state index contributed by atoms with van der Waals surface area (Å²) in [6.45, 7) is -0.899. The topological polar surface area (TPSA) is 38.7 Å². The van der Waals surface area contributed by atoms with E-state index in [1.165, 1.54) is 25.3 Å². The van der Waals surface area contributed by atoms with E-state index in [4.69, 9.17) is 4.74 Å². The maximum atomic E-state index is 13.3. The van der Waals surface area contributed by atoms with Crippen LogP contribution in [0.3, 0.4) is 0 Å². The molecule has 0 amide bonds. The van der Waals surface area contributed by atoms with E-state index in [0.717, 1.165) is 6.08 Å². The van der Waals surface area contributed by atoms with E-state index >= 15 is 0 Å². The Kier molecular flexibility index (Phi) is 3.52. The van der Waals surface area contributed by atoms with Crippen molar-refractivity contribution in [3.63, 3.8) is 0 Å². The highest BCUT2D eigenvalue weighted by Gasteiger charge is 2.31. The maximum absolute atomic E-state index is 13.3. The molecule has 1 rings (SSSR count). The fraction of sp³-hybridized carbons (Fsp3) is 0.300. The van der Waals surface area contributed by atoms with E-state index in [1.54, 1.807) is 6.07 Å². The number of hydrogen-bond acceptors (Lipinski definition) is 3. The summed E-state index contributed by atoms with van der Waals surface area (Å²) in [4.78, 5) is 12.6. The van der Waals surface area contributed by atoms with Crippen LogP contribution < -0.4 is 4.74 Å². The predicted molar refractivity (Wildman–Crippen MR) is 49.9 cm³/mol. The zero-order valence-corrected chi connectivity index (χ0v) is 8.04. The third kappa shape index (κ3) is 2.86. The van der Waals surface area contributed by atoms with E-state index in [0.29, 0.717) is 5.75 Å². The lowest BCUT2D eigenvalue weighted by atomic mass is 10.1. The van der Waals surface area contributed by atoms with Crippen molar-refractivity contribution < 1.29 is 18.3 Å². The van der Waals surface area contributed by atoms with Gasteiger partial charge in [-0.15, -0.1) is 0 Å². The molecule has 1 aromatic carbocycles. The molecule has 3 nitrogen and oxygen atoms in total. The summed E-state index contributed by atoms with van der Waals surface area (Å²) in [6.07, 6.45) is 1.09. The molecule has 1 aromatic rings. The average molecular weight is 213 g/mol. The fourth-order valence-electron chi connectivity index (χ4n) is 1.07. The van der Waals surface area contributed by atoms with Crippen molar-refractivity contribution in [2.75, 3.05) is 13.7 Å². The third-order valence-corrected chi connectivity index (χ3v) is 1.83. The zero-order chi connectivity index (χ0) is 11.3. The Morgan fingerprint density at radius 2 is 2.27 bits per heavy atom. The van der Waals surface area contributed by atoms with Crippen molar-refractivity contribution in [1.82, 2.24) is 0 Å². The molecular weight excluding hydrogens is 204 g/mol. The number of methoxy groups -OCH3 is 1. The summed E-state index contributed by atoms with van der Waals surface area (Å²) in [7, 11) is 1.39. The van der Waals surface area contributed by atoms with Crippen LogP contribution in [0.25, 0.3) is 0 Å². The van der Waals surface area contributed by atoms with Crippen LogP contribution in [0.15, 0.2) is 29.3 Å².